The number of rotatable bonds is 5. The Morgan fingerprint density at radius 1 is 1.25 bits per heavy atom. The lowest BCUT2D eigenvalue weighted by Crippen LogP contribution is -2.27. The molecule has 0 bridgehead atoms. The second kappa shape index (κ2) is 7.45. The van der Waals surface area contributed by atoms with Crippen molar-refractivity contribution in [1.82, 2.24) is 10.3 Å². The van der Waals surface area contributed by atoms with E-state index in [1.54, 1.807) is 12.4 Å². The fraction of sp³-hybridized carbons (Fsp3) is 0.200. The van der Waals surface area contributed by atoms with Gasteiger partial charge in [-0.05, 0) is 49.0 Å². The summed E-state index contributed by atoms with van der Waals surface area (Å²) < 4.78 is 5.40. The number of nitrogens with zero attached hydrogens (tertiary/aromatic N) is 1. The molecule has 0 atom stereocenters. The molecule has 0 aliphatic heterocycles. The molecule has 0 radical (unpaired) electrons. The maximum Gasteiger partial charge on any atom is 0.171 e. The summed E-state index contributed by atoms with van der Waals surface area (Å²) in [4.78, 5) is 4.02. The Morgan fingerprint density at radius 3 is 2.70 bits per heavy atom. The Balaban J connectivity index is 1.81. The Bertz CT molecular complexity index is 543. The van der Waals surface area contributed by atoms with Gasteiger partial charge in [0.1, 0.15) is 5.75 Å². The summed E-state index contributed by atoms with van der Waals surface area (Å²) >= 11 is 5.23. The van der Waals surface area contributed by atoms with Crippen LogP contribution in [0.5, 0.6) is 5.75 Å². The Labute approximate surface area is 124 Å². The van der Waals surface area contributed by atoms with Gasteiger partial charge in [-0.15, -0.1) is 0 Å². The monoisotopic (exact) mass is 287 g/mol. The van der Waals surface area contributed by atoms with Crippen molar-refractivity contribution >= 4 is 23.0 Å². The van der Waals surface area contributed by atoms with Gasteiger partial charge in [0.15, 0.2) is 5.11 Å². The third-order valence-corrected chi connectivity index (χ3v) is 2.85. The van der Waals surface area contributed by atoms with Crippen molar-refractivity contribution in [2.45, 2.75) is 13.5 Å². The van der Waals surface area contributed by atoms with E-state index in [1.165, 1.54) is 0 Å². The topological polar surface area (TPSA) is 46.2 Å². The van der Waals surface area contributed by atoms with Gasteiger partial charge in [0.25, 0.3) is 0 Å². The van der Waals surface area contributed by atoms with E-state index >= 15 is 0 Å². The van der Waals surface area contributed by atoms with Crippen molar-refractivity contribution in [1.29, 1.82) is 0 Å². The van der Waals surface area contributed by atoms with Gasteiger partial charge < -0.3 is 15.4 Å². The van der Waals surface area contributed by atoms with Crippen LogP contribution in [-0.4, -0.2) is 16.7 Å². The van der Waals surface area contributed by atoms with Crippen molar-refractivity contribution < 1.29 is 4.74 Å². The predicted molar refractivity (Wildman–Crippen MR) is 84.9 cm³/mol. The van der Waals surface area contributed by atoms with Gasteiger partial charge >= 0.3 is 0 Å². The molecule has 2 aromatic rings. The minimum Gasteiger partial charge on any atom is -0.494 e. The molecule has 0 fully saturated rings. The second-order valence-electron chi connectivity index (χ2n) is 4.13. The number of thiocarbonyl (C=S) groups is 1. The Hall–Kier alpha value is -2.14. The summed E-state index contributed by atoms with van der Waals surface area (Å²) in [5.41, 5.74) is 2.01. The van der Waals surface area contributed by atoms with Gasteiger partial charge in [-0.1, -0.05) is 12.1 Å². The van der Waals surface area contributed by atoms with Crippen molar-refractivity contribution in [3.05, 3.63) is 54.4 Å². The summed E-state index contributed by atoms with van der Waals surface area (Å²) in [6.07, 6.45) is 3.45. The van der Waals surface area contributed by atoms with E-state index in [1.807, 2.05) is 43.3 Å². The number of hydrogen-bond acceptors (Lipinski definition) is 3. The molecular formula is C15H17N3OS. The summed E-state index contributed by atoms with van der Waals surface area (Å²) in [6.45, 7) is 3.31. The zero-order valence-electron chi connectivity index (χ0n) is 11.3. The van der Waals surface area contributed by atoms with Crippen LogP contribution in [-0.2, 0) is 6.54 Å². The van der Waals surface area contributed by atoms with E-state index in [0.29, 0.717) is 18.3 Å². The number of aromatic nitrogens is 1. The number of hydrogen-bond donors (Lipinski definition) is 2. The molecule has 0 unspecified atom stereocenters. The Kier molecular flexibility index (Phi) is 5.32. The molecule has 0 amide bonds. The van der Waals surface area contributed by atoms with Crippen molar-refractivity contribution in [3.63, 3.8) is 0 Å². The quantitative estimate of drug-likeness (QED) is 0.828. The lowest BCUT2D eigenvalue weighted by atomic mass is 10.2. The lowest BCUT2D eigenvalue weighted by molar-refractivity contribution is 0.340. The van der Waals surface area contributed by atoms with Crippen LogP contribution < -0.4 is 15.4 Å². The molecule has 2 N–H and O–H groups in total. The predicted octanol–water partition coefficient (Wildman–Crippen LogP) is 2.97. The highest BCUT2D eigenvalue weighted by molar-refractivity contribution is 7.80. The number of benzene rings is 1. The van der Waals surface area contributed by atoms with Crippen LogP contribution in [0.3, 0.4) is 0 Å². The van der Waals surface area contributed by atoms with Gasteiger partial charge in [-0.2, -0.15) is 0 Å². The third kappa shape index (κ3) is 4.51. The molecule has 20 heavy (non-hydrogen) atoms. The van der Waals surface area contributed by atoms with E-state index in [2.05, 4.69) is 15.6 Å². The highest BCUT2D eigenvalue weighted by atomic mass is 32.1. The average Bonchev–Trinajstić information content (AvgIpc) is 2.48. The first kappa shape index (κ1) is 14.3. The molecular weight excluding hydrogens is 270 g/mol. The summed E-state index contributed by atoms with van der Waals surface area (Å²) in [5.74, 6) is 0.882. The standard InChI is InChI=1S/C15H17N3OS/c1-2-19-14-7-5-12(6-8-14)10-17-15(20)18-13-4-3-9-16-11-13/h3-9,11H,2,10H2,1H3,(H2,17,18,20). The second-order valence-corrected chi connectivity index (χ2v) is 4.53. The smallest absolute Gasteiger partial charge is 0.171 e. The molecule has 0 saturated heterocycles. The molecule has 2 rings (SSSR count). The summed E-state index contributed by atoms with van der Waals surface area (Å²) in [6, 6.07) is 11.7. The molecule has 1 aromatic carbocycles. The zero-order valence-corrected chi connectivity index (χ0v) is 12.1. The van der Waals surface area contributed by atoms with Crippen LogP contribution in [0.4, 0.5) is 5.69 Å². The maximum absolute atomic E-state index is 5.40. The van der Waals surface area contributed by atoms with Gasteiger partial charge in [0.2, 0.25) is 0 Å². The molecule has 104 valence electrons. The van der Waals surface area contributed by atoms with Gasteiger partial charge in [-0.3, -0.25) is 4.98 Å². The molecule has 0 aliphatic carbocycles. The van der Waals surface area contributed by atoms with E-state index in [0.717, 1.165) is 17.0 Å². The first-order valence-electron chi connectivity index (χ1n) is 6.44. The van der Waals surface area contributed by atoms with Crippen molar-refractivity contribution in [2.75, 3.05) is 11.9 Å². The van der Waals surface area contributed by atoms with E-state index in [4.69, 9.17) is 17.0 Å². The lowest BCUT2D eigenvalue weighted by Gasteiger charge is -2.10. The first-order valence-corrected chi connectivity index (χ1v) is 6.85. The highest BCUT2D eigenvalue weighted by Crippen LogP contribution is 2.12. The van der Waals surface area contributed by atoms with E-state index < -0.39 is 0 Å². The third-order valence-electron chi connectivity index (χ3n) is 2.61. The fourth-order valence-corrected chi connectivity index (χ4v) is 1.85. The van der Waals surface area contributed by atoms with E-state index in [-0.39, 0.29) is 0 Å². The van der Waals surface area contributed by atoms with Crippen LogP contribution in [0.2, 0.25) is 0 Å². The molecule has 5 heteroatoms. The van der Waals surface area contributed by atoms with Crippen molar-refractivity contribution in [2.24, 2.45) is 0 Å². The number of nitrogens with one attached hydrogen (secondary N) is 2. The number of pyridine rings is 1. The molecule has 0 saturated carbocycles. The molecule has 0 aliphatic rings. The van der Waals surface area contributed by atoms with Crippen LogP contribution in [0, 0.1) is 0 Å². The van der Waals surface area contributed by atoms with E-state index in [9.17, 15) is 0 Å². The van der Waals surface area contributed by atoms with Gasteiger partial charge in [-0.25, -0.2) is 0 Å². The maximum atomic E-state index is 5.40. The number of anilines is 1. The minimum absolute atomic E-state index is 0.576. The first-order chi connectivity index (χ1) is 9.78. The molecule has 4 nitrogen and oxygen atoms in total. The largest absolute Gasteiger partial charge is 0.494 e. The zero-order chi connectivity index (χ0) is 14.2. The van der Waals surface area contributed by atoms with Crippen LogP contribution in [0.25, 0.3) is 0 Å². The highest BCUT2D eigenvalue weighted by Gasteiger charge is 1.99. The number of ether oxygens (including phenoxy) is 1. The summed E-state index contributed by atoms with van der Waals surface area (Å²) in [5, 5.41) is 6.80. The van der Waals surface area contributed by atoms with Crippen molar-refractivity contribution in [3.8, 4) is 5.75 Å². The normalized spacial score (nSPS) is 9.85. The molecule has 1 heterocycles. The van der Waals surface area contributed by atoms with Crippen LogP contribution in [0.1, 0.15) is 12.5 Å². The van der Waals surface area contributed by atoms with Crippen LogP contribution >= 0.6 is 12.2 Å². The van der Waals surface area contributed by atoms with Gasteiger partial charge in [0, 0.05) is 12.7 Å². The SMILES string of the molecule is CCOc1ccc(CNC(=S)Nc2cccnc2)cc1. The van der Waals surface area contributed by atoms with Gasteiger partial charge in [0.05, 0.1) is 18.5 Å². The molecule has 0 spiro atoms. The molecule has 1 aromatic heterocycles. The summed E-state index contributed by atoms with van der Waals surface area (Å²) in [7, 11) is 0. The van der Waals surface area contributed by atoms with Crippen LogP contribution in [0.15, 0.2) is 48.8 Å². The fourth-order valence-electron chi connectivity index (χ4n) is 1.66. The average molecular weight is 287 g/mol. The minimum atomic E-state index is 0.576. The Morgan fingerprint density at radius 2 is 2.05 bits per heavy atom.